The molecule has 0 aromatic heterocycles. The number of Topliss-reactive ketones (excluding diaryl/α,β-unsaturated/α-hetero) is 1. The van der Waals surface area contributed by atoms with Gasteiger partial charge in [0, 0.05) is 13.1 Å². The Hall–Kier alpha value is -2.91. The lowest BCUT2D eigenvalue weighted by Crippen LogP contribution is -2.58. The molecule has 3 N–H and O–H groups in total. The van der Waals surface area contributed by atoms with Crippen LogP contribution in [0.25, 0.3) is 0 Å². The van der Waals surface area contributed by atoms with E-state index in [2.05, 4.69) is 36.4 Å². The molecular formula is C29H48N4O6. The molecule has 39 heavy (non-hydrogen) atoms. The van der Waals surface area contributed by atoms with Crippen molar-refractivity contribution in [3.63, 3.8) is 0 Å². The van der Waals surface area contributed by atoms with Crippen LogP contribution in [0.4, 0.5) is 4.79 Å². The highest BCUT2D eigenvalue weighted by atomic mass is 16.6. The van der Waals surface area contributed by atoms with E-state index < -0.39 is 47.4 Å². The third-order valence-corrected chi connectivity index (χ3v) is 7.41. The molecule has 1 saturated heterocycles. The van der Waals surface area contributed by atoms with E-state index in [1.807, 2.05) is 27.7 Å². The van der Waals surface area contributed by atoms with Crippen molar-refractivity contribution in [2.24, 2.45) is 22.7 Å². The van der Waals surface area contributed by atoms with Gasteiger partial charge in [0.25, 0.3) is 5.91 Å². The largest absolute Gasteiger partial charge is 0.444 e. The monoisotopic (exact) mass is 548 g/mol. The molecule has 1 aliphatic carbocycles. The molecule has 1 aliphatic heterocycles. The van der Waals surface area contributed by atoms with Gasteiger partial charge in [-0.1, -0.05) is 54.0 Å². The van der Waals surface area contributed by atoms with Crippen molar-refractivity contribution in [2.45, 2.75) is 105 Å². The van der Waals surface area contributed by atoms with Crippen LogP contribution in [0.2, 0.25) is 0 Å². The van der Waals surface area contributed by atoms with Crippen LogP contribution in [-0.2, 0) is 23.9 Å². The number of hydrogen-bond acceptors (Lipinski definition) is 6. The number of ether oxygens (including phenoxy) is 1. The summed E-state index contributed by atoms with van der Waals surface area (Å²) in [4.78, 5) is 66.9. The predicted octanol–water partition coefficient (Wildman–Crippen LogP) is 2.96. The normalized spacial score (nSPS) is 23.1. The van der Waals surface area contributed by atoms with Crippen molar-refractivity contribution in [1.29, 1.82) is 0 Å². The summed E-state index contributed by atoms with van der Waals surface area (Å²) in [6, 6.07) is -2.72. The second kappa shape index (κ2) is 12.1. The van der Waals surface area contributed by atoms with E-state index in [4.69, 9.17) is 4.74 Å². The van der Waals surface area contributed by atoms with Crippen LogP contribution in [0.1, 0.15) is 81.6 Å². The molecule has 10 heteroatoms. The van der Waals surface area contributed by atoms with Crippen molar-refractivity contribution < 1.29 is 28.7 Å². The Morgan fingerprint density at radius 2 is 1.67 bits per heavy atom. The maximum Gasteiger partial charge on any atom is 0.408 e. The fourth-order valence-corrected chi connectivity index (χ4v) is 5.50. The Balaban J connectivity index is 2.30. The first-order valence-corrected chi connectivity index (χ1v) is 13.9. The summed E-state index contributed by atoms with van der Waals surface area (Å²) in [5, 5.41) is 7.97. The number of nitrogens with one attached hydrogen (secondary N) is 3. The van der Waals surface area contributed by atoms with Gasteiger partial charge < -0.3 is 25.6 Å². The number of carbonyl (C=O) groups is 5. The van der Waals surface area contributed by atoms with Crippen LogP contribution in [0.3, 0.4) is 0 Å². The third-order valence-electron chi connectivity index (χ3n) is 7.41. The fourth-order valence-electron chi connectivity index (χ4n) is 5.50. The summed E-state index contributed by atoms with van der Waals surface area (Å²) in [5.41, 5.74) is -1.19. The van der Waals surface area contributed by atoms with Gasteiger partial charge in [0.15, 0.2) is 0 Å². The number of carbonyl (C=O) groups excluding carboxylic acids is 5. The fraction of sp³-hybridized carbons (Fsp3) is 0.759. The quantitative estimate of drug-likeness (QED) is 0.269. The Labute approximate surface area is 233 Å². The van der Waals surface area contributed by atoms with E-state index in [1.54, 1.807) is 20.8 Å². The van der Waals surface area contributed by atoms with Gasteiger partial charge in [0.05, 0.1) is 6.04 Å². The van der Waals surface area contributed by atoms with E-state index in [0.717, 1.165) is 0 Å². The maximum atomic E-state index is 13.9. The molecule has 5 unspecified atom stereocenters. The molecule has 1 saturated carbocycles. The zero-order valence-corrected chi connectivity index (χ0v) is 25.1. The van der Waals surface area contributed by atoms with E-state index in [1.165, 1.54) is 11.0 Å². The molecular weight excluding hydrogens is 500 g/mol. The molecule has 2 aliphatic rings. The average molecular weight is 549 g/mol. The number of amides is 4. The molecule has 10 nitrogen and oxygen atoms in total. The number of alkyl carbamates (subject to hydrolysis) is 1. The van der Waals surface area contributed by atoms with Gasteiger partial charge >= 0.3 is 6.09 Å². The lowest BCUT2D eigenvalue weighted by molar-refractivity contribution is -0.144. The van der Waals surface area contributed by atoms with Crippen molar-refractivity contribution in [3.05, 3.63) is 12.7 Å². The summed E-state index contributed by atoms with van der Waals surface area (Å²) in [6.45, 7) is 21.2. The molecule has 220 valence electrons. The second-order valence-corrected chi connectivity index (χ2v) is 13.6. The third kappa shape index (κ3) is 8.29. The average Bonchev–Trinajstić information content (AvgIpc) is 3.13. The van der Waals surface area contributed by atoms with Crippen LogP contribution >= 0.6 is 0 Å². The number of ketones is 1. The molecule has 5 atom stereocenters. The van der Waals surface area contributed by atoms with E-state index in [0.29, 0.717) is 19.4 Å². The Bertz CT molecular complexity index is 977. The first-order chi connectivity index (χ1) is 17.8. The van der Waals surface area contributed by atoms with E-state index in [9.17, 15) is 24.0 Å². The minimum Gasteiger partial charge on any atom is -0.444 e. The van der Waals surface area contributed by atoms with Crippen LogP contribution < -0.4 is 16.0 Å². The number of fused-ring (bicyclic) bond motifs is 1. The molecule has 0 spiro atoms. The molecule has 0 bridgehead atoms. The summed E-state index contributed by atoms with van der Waals surface area (Å²) in [6.07, 6.45) is 1.97. The lowest BCUT2D eigenvalue weighted by Gasteiger charge is -2.35. The molecule has 0 aromatic carbocycles. The topological polar surface area (TPSA) is 134 Å². The highest BCUT2D eigenvalue weighted by Gasteiger charge is 2.69. The SMILES string of the molecule is C=CCNC(=O)C(=O)C(CCC)NC(=O)C1C2C(CN1C(=O)C(CC(C)(C)C)NC(=O)OC(C)(C)C)C2(C)C. The standard InChI is InChI=1S/C29H48N4O6/c1-11-13-18(22(34)24(36)30-14-12-2)31-23(35)21-20-17(29(20,9)10)16-33(21)25(37)19(15-27(3,4)5)32-26(38)39-28(6,7)8/h12,17-21H,2,11,13-16H2,1,3-10H3,(H,30,36)(H,31,35)(H,32,38). The van der Waals surface area contributed by atoms with Gasteiger partial charge in [-0.25, -0.2) is 4.79 Å². The zero-order chi connectivity index (χ0) is 29.9. The smallest absolute Gasteiger partial charge is 0.408 e. The van der Waals surface area contributed by atoms with Gasteiger partial charge in [-0.15, -0.1) is 6.58 Å². The zero-order valence-electron chi connectivity index (χ0n) is 25.1. The van der Waals surface area contributed by atoms with Crippen LogP contribution in [-0.4, -0.2) is 71.3 Å². The molecule has 2 fully saturated rings. The summed E-state index contributed by atoms with van der Waals surface area (Å²) in [7, 11) is 0. The second-order valence-electron chi connectivity index (χ2n) is 13.6. The van der Waals surface area contributed by atoms with Crippen LogP contribution in [0.15, 0.2) is 12.7 Å². The minimum absolute atomic E-state index is 0.0924. The molecule has 4 amide bonds. The summed E-state index contributed by atoms with van der Waals surface area (Å²) < 4.78 is 5.41. The van der Waals surface area contributed by atoms with Gasteiger partial charge in [-0.3, -0.25) is 19.2 Å². The van der Waals surface area contributed by atoms with Crippen LogP contribution in [0.5, 0.6) is 0 Å². The van der Waals surface area contributed by atoms with E-state index >= 15 is 0 Å². The number of rotatable bonds is 11. The van der Waals surface area contributed by atoms with Crippen molar-refractivity contribution in [1.82, 2.24) is 20.9 Å². The van der Waals surface area contributed by atoms with Gasteiger partial charge in [-0.05, 0) is 56.3 Å². The molecule has 2 rings (SSSR count). The lowest BCUT2D eigenvalue weighted by atomic mass is 9.87. The number of hydrogen-bond donors (Lipinski definition) is 3. The molecule has 0 aromatic rings. The predicted molar refractivity (Wildman–Crippen MR) is 149 cm³/mol. The Morgan fingerprint density at radius 1 is 1.05 bits per heavy atom. The summed E-state index contributed by atoms with van der Waals surface area (Å²) in [5.74, 6) is -2.32. The number of likely N-dealkylation sites (tertiary alicyclic amines) is 1. The van der Waals surface area contributed by atoms with Crippen LogP contribution in [0, 0.1) is 22.7 Å². The van der Waals surface area contributed by atoms with Crippen molar-refractivity contribution >= 4 is 29.6 Å². The first kappa shape index (κ1) is 32.3. The number of nitrogens with zero attached hydrogens (tertiary/aromatic N) is 1. The highest BCUT2D eigenvalue weighted by molar-refractivity contribution is 6.38. The van der Waals surface area contributed by atoms with Gasteiger partial charge in [0.2, 0.25) is 17.6 Å². The minimum atomic E-state index is -1.00. The van der Waals surface area contributed by atoms with Gasteiger partial charge in [0.1, 0.15) is 17.7 Å². The van der Waals surface area contributed by atoms with Gasteiger partial charge in [-0.2, -0.15) is 0 Å². The Morgan fingerprint density at radius 3 is 2.18 bits per heavy atom. The molecule has 0 radical (unpaired) electrons. The molecule has 1 heterocycles. The maximum absolute atomic E-state index is 13.9. The number of piperidine rings is 1. The summed E-state index contributed by atoms with van der Waals surface area (Å²) >= 11 is 0. The first-order valence-electron chi connectivity index (χ1n) is 13.9. The highest BCUT2D eigenvalue weighted by Crippen LogP contribution is 2.65. The van der Waals surface area contributed by atoms with Crippen molar-refractivity contribution in [3.8, 4) is 0 Å². The van der Waals surface area contributed by atoms with E-state index in [-0.39, 0.29) is 41.5 Å². The Kier molecular flexibility index (Phi) is 10.0. The van der Waals surface area contributed by atoms with Crippen molar-refractivity contribution in [2.75, 3.05) is 13.1 Å².